The summed E-state index contributed by atoms with van der Waals surface area (Å²) in [7, 11) is -3.48. The lowest BCUT2D eigenvalue weighted by molar-refractivity contribution is -0.117. The maximum atomic E-state index is 12.6. The van der Waals surface area contributed by atoms with Crippen molar-refractivity contribution < 1.29 is 18.0 Å². The van der Waals surface area contributed by atoms with Crippen LogP contribution in [0, 0.1) is 0 Å². The van der Waals surface area contributed by atoms with E-state index >= 15 is 0 Å². The Morgan fingerprint density at radius 2 is 2.00 bits per heavy atom. The fourth-order valence-electron chi connectivity index (χ4n) is 3.21. The maximum absolute atomic E-state index is 12.6. The SMILES string of the molecule is CS(=O)(=O)c1cc(Cl)cc(NC(=O)c2cnn(-c3ccc(N4CCCC4=O)cn3)c2)c1. The summed E-state index contributed by atoms with van der Waals surface area (Å²) in [4.78, 5) is 30.4. The minimum atomic E-state index is -3.48. The lowest BCUT2D eigenvalue weighted by Crippen LogP contribution is -2.23. The van der Waals surface area contributed by atoms with Crippen LogP contribution in [0.5, 0.6) is 0 Å². The number of hydrogen-bond acceptors (Lipinski definition) is 6. The van der Waals surface area contributed by atoms with E-state index in [1.807, 2.05) is 0 Å². The largest absolute Gasteiger partial charge is 0.322 e. The zero-order valence-corrected chi connectivity index (χ0v) is 18.0. The van der Waals surface area contributed by atoms with Crippen LogP contribution in [-0.4, -0.2) is 47.8 Å². The highest BCUT2D eigenvalue weighted by atomic mass is 35.5. The Balaban J connectivity index is 1.50. The number of aromatic nitrogens is 3. The van der Waals surface area contributed by atoms with Gasteiger partial charge < -0.3 is 10.2 Å². The molecule has 0 saturated carbocycles. The molecule has 3 aromatic rings. The molecule has 0 bridgehead atoms. The molecule has 9 nitrogen and oxygen atoms in total. The van der Waals surface area contributed by atoms with Crippen LogP contribution < -0.4 is 10.2 Å². The van der Waals surface area contributed by atoms with Gasteiger partial charge in [-0.25, -0.2) is 18.1 Å². The van der Waals surface area contributed by atoms with Crippen LogP contribution in [0.3, 0.4) is 0 Å². The second kappa shape index (κ2) is 8.12. The average molecular weight is 460 g/mol. The smallest absolute Gasteiger partial charge is 0.258 e. The van der Waals surface area contributed by atoms with E-state index in [1.54, 1.807) is 23.2 Å². The van der Waals surface area contributed by atoms with Crippen molar-refractivity contribution in [3.8, 4) is 5.82 Å². The van der Waals surface area contributed by atoms with Gasteiger partial charge in [0, 0.05) is 36.1 Å². The molecule has 0 aliphatic carbocycles. The third-order valence-electron chi connectivity index (χ3n) is 4.75. The van der Waals surface area contributed by atoms with Crippen molar-refractivity contribution in [2.45, 2.75) is 17.7 Å². The molecule has 11 heteroatoms. The van der Waals surface area contributed by atoms with Gasteiger partial charge in [-0.1, -0.05) is 11.6 Å². The summed E-state index contributed by atoms with van der Waals surface area (Å²) in [6.07, 6.45) is 6.90. The number of anilines is 2. The van der Waals surface area contributed by atoms with E-state index in [9.17, 15) is 18.0 Å². The zero-order chi connectivity index (χ0) is 22.2. The summed E-state index contributed by atoms with van der Waals surface area (Å²) < 4.78 is 25.0. The highest BCUT2D eigenvalue weighted by Crippen LogP contribution is 2.23. The van der Waals surface area contributed by atoms with Crippen LogP contribution in [0.25, 0.3) is 5.82 Å². The van der Waals surface area contributed by atoms with Crippen molar-refractivity contribution in [1.29, 1.82) is 0 Å². The van der Waals surface area contributed by atoms with Gasteiger partial charge >= 0.3 is 0 Å². The number of carbonyl (C=O) groups excluding carboxylic acids is 2. The predicted molar refractivity (Wildman–Crippen MR) is 115 cm³/mol. The van der Waals surface area contributed by atoms with E-state index in [4.69, 9.17) is 11.6 Å². The van der Waals surface area contributed by atoms with Gasteiger partial charge in [0.2, 0.25) is 5.91 Å². The molecule has 160 valence electrons. The first-order valence-electron chi connectivity index (χ1n) is 9.34. The van der Waals surface area contributed by atoms with Gasteiger partial charge in [0.15, 0.2) is 15.7 Å². The molecule has 0 spiro atoms. The molecule has 3 heterocycles. The lowest BCUT2D eigenvalue weighted by Gasteiger charge is -2.15. The minimum absolute atomic E-state index is 0.00627. The van der Waals surface area contributed by atoms with Gasteiger partial charge in [0.25, 0.3) is 5.91 Å². The number of halogens is 1. The van der Waals surface area contributed by atoms with Gasteiger partial charge in [0.05, 0.1) is 28.5 Å². The molecule has 4 rings (SSSR count). The number of carbonyl (C=O) groups is 2. The molecule has 1 aliphatic heterocycles. The Hall–Kier alpha value is -3.24. The Morgan fingerprint density at radius 3 is 2.65 bits per heavy atom. The third kappa shape index (κ3) is 4.59. The standard InChI is InChI=1S/C20H18ClN5O4S/c1-31(29,30)17-8-14(21)7-15(9-17)24-20(28)13-10-23-26(12-13)18-5-4-16(11-22-18)25-6-2-3-19(25)27/h4-5,7-12H,2-3,6H2,1H3,(H,24,28). The number of hydrogen-bond donors (Lipinski definition) is 1. The van der Waals surface area contributed by atoms with Crippen molar-refractivity contribution in [1.82, 2.24) is 14.8 Å². The van der Waals surface area contributed by atoms with Crippen LogP contribution in [0.2, 0.25) is 5.02 Å². The van der Waals surface area contributed by atoms with E-state index in [0.717, 1.165) is 18.4 Å². The molecular weight excluding hydrogens is 442 g/mol. The Labute approximate surface area is 183 Å². The van der Waals surface area contributed by atoms with Crippen LogP contribution >= 0.6 is 11.6 Å². The lowest BCUT2D eigenvalue weighted by atomic mass is 10.3. The minimum Gasteiger partial charge on any atom is -0.322 e. The summed E-state index contributed by atoms with van der Waals surface area (Å²) in [5.41, 5.74) is 1.23. The summed E-state index contributed by atoms with van der Waals surface area (Å²) in [6.45, 7) is 0.677. The molecule has 31 heavy (non-hydrogen) atoms. The third-order valence-corrected chi connectivity index (χ3v) is 6.06. The number of amides is 2. The van der Waals surface area contributed by atoms with E-state index < -0.39 is 15.7 Å². The molecule has 0 radical (unpaired) electrons. The summed E-state index contributed by atoms with van der Waals surface area (Å²) >= 11 is 5.97. The molecule has 2 aromatic heterocycles. The first kappa shape index (κ1) is 21.0. The zero-order valence-electron chi connectivity index (χ0n) is 16.4. The number of pyridine rings is 1. The molecule has 2 amide bonds. The van der Waals surface area contributed by atoms with Gasteiger partial charge in [-0.05, 0) is 36.8 Å². The second-order valence-electron chi connectivity index (χ2n) is 7.10. The quantitative estimate of drug-likeness (QED) is 0.627. The predicted octanol–water partition coefficient (Wildman–Crippen LogP) is 2.70. The molecule has 1 fully saturated rings. The van der Waals surface area contributed by atoms with Crippen molar-refractivity contribution in [3.63, 3.8) is 0 Å². The molecule has 1 N–H and O–H groups in total. The van der Waals surface area contributed by atoms with E-state index in [1.165, 1.54) is 35.3 Å². The molecule has 0 atom stereocenters. The number of nitrogens with one attached hydrogen (secondary N) is 1. The summed E-state index contributed by atoms with van der Waals surface area (Å²) in [5.74, 6) is 0.0801. The average Bonchev–Trinajstić information content (AvgIpc) is 3.36. The molecule has 0 unspecified atom stereocenters. The summed E-state index contributed by atoms with van der Waals surface area (Å²) in [6, 6.07) is 7.61. The van der Waals surface area contributed by atoms with Gasteiger partial charge in [0.1, 0.15) is 0 Å². The second-order valence-corrected chi connectivity index (χ2v) is 9.55. The van der Waals surface area contributed by atoms with Gasteiger partial charge in [-0.3, -0.25) is 9.59 Å². The van der Waals surface area contributed by atoms with Crippen LogP contribution in [0.15, 0.2) is 53.8 Å². The fraction of sp³-hybridized carbons (Fsp3) is 0.200. The van der Waals surface area contributed by atoms with Crippen molar-refractivity contribution in [3.05, 3.63) is 59.5 Å². The van der Waals surface area contributed by atoms with Crippen LogP contribution in [0.4, 0.5) is 11.4 Å². The Kier molecular flexibility index (Phi) is 5.50. The first-order valence-corrected chi connectivity index (χ1v) is 11.6. The van der Waals surface area contributed by atoms with E-state index in [0.29, 0.717) is 18.8 Å². The van der Waals surface area contributed by atoms with Crippen molar-refractivity contribution in [2.75, 3.05) is 23.0 Å². The Bertz CT molecular complexity index is 1270. The van der Waals surface area contributed by atoms with Crippen molar-refractivity contribution >= 4 is 44.6 Å². The highest BCUT2D eigenvalue weighted by molar-refractivity contribution is 7.90. The van der Waals surface area contributed by atoms with Gasteiger partial charge in [-0.15, -0.1) is 0 Å². The van der Waals surface area contributed by atoms with Crippen LogP contribution in [0.1, 0.15) is 23.2 Å². The monoisotopic (exact) mass is 459 g/mol. The number of sulfone groups is 1. The van der Waals surface area contributed by atoms with Crippen molar-refractivity contribution in [2.24, 2.45) is 0 Å². The molecular formula is C20H18ClN5O4S. The number of rotatable bonds is 5. The normalized spacial score (nSPS) is 14.1. The molecule has 1 aliphatic rings. The maximum Gasteiger partial charge on any atom is 0.258 e. The number of nitrogens with zero attached hydrogens (tertiary/aromatic N) is 4. The summed E-state index contributed by atoms with van der Waals surface area (Å²) in [5, 5.41) is 6.97. The van der Waals surface area contributed by atoms with E-state index in [2.05, 4.69) is 15.4 Å². The molecule has 1 saturated heterocycles. The van der Waals surface area contributed by atoms with Crippen LogP contribution in [-0.2, 0) is 14.6 Å². The highest BCUT2D eigenvalue weighted by Gasteiger charge is 2.22. The van der Waals surface area contributed by atoms with Gasteiger partial charge in [-0.2, -0.15) is 5.10 Å². The Morgan fingerprint density at radius 1 is 1.19 bits per heavy atom. The number of benzene rings is 1. The van der Waals surface area contributed by atoms with E-state index in [-0.39, 0.29) is 27.1 Å². The first-order chi connectivity index (χ1) is 14.7. The fourth-order valence-corrected chi connectivity index (χ4v) is 4.19. The topological polar surface area (TPSA) is 114 Å². The molecule has 1 aromatic carbocycles.